The Hall–Kier alpha value is -3.55. The second-order valence-corrected chi connectivity index (χ2v) is 7.52. The van der Waals surface area contributed by atoms with Crippen LogP contribution in [-0.2, 0) is 32.1 Å². The summed E-state index contributed by atoms with van der Waals surface area (Å²) < 4.78 is 10.1. The standard InChI is InChI=1S/C24H30N2O6/c1-4-16(2)21(26-24(30)32-15-18-8-6-5-7-9-18)22(28)25-20(23(29)31-3)14-17-10-12-19(27)13-11-17/h5-13,16,20-21,27H,4,14-15H2,1-3H3,(H,25,28)(H,26,30)/t16-,20-,21+/m0/s1. The highest BCUT2D eigenvalue weighted by atomic mass is 16.5. The zero-order valence-corrected chi connectivity index (χ0v) is 18.5. The molecule has 3 atom stereocenters. The minimum atomic E-state index is -0.953. The van der Waals surface area contributed by atoms with Crippen molar-refractivity contribution in [1.29, 1.82) is 0 Å². The largest absolute Gasteiger partial charge is 0.508 e. The van der Waals surface area contributed by atoms with Gasteiger partial charge in [-0.15, -0.1) is 0 Å². The van der Waals surface area contributed by atoms with Gasteiger partial charge in [0, 0.05) is 6.42 Å². The molecule has 0 heterocycles. The molecule has 32 heavy (non-hydrogen) atoms. The van der Waals surface area contributed by atoms with Crippen LogP contribution in [0.1, 0.15) is 31.4 Å². The number of amides is 2. The van der Waals surface area contributed by atoms with Crippen molar-refractivity contribution in [2.24, 2.45) is 5.92 Å². The number of hydrogen-bond acceptors (Lipinski definition) is 6. The Labute approximate surface area is 187 Å². The third-order valence-electron chi connectivity index (χ3n) is 5.16. The summed E-state index contributed by atoms with van der Waals surface area (Å²) in [5.74, 6) is -1.22. The van der Waals surface area contributed by atoms with Gasteiger partial charge in [0.2, 0.25) is 5.91 Å². The molecule has 0 unspecified atom stereocenters. The molecule has 2 amide bonds. The lowest BCUT2D eigenvalue weighted by atomic mass is 9.97. The summed E-state index contributed by atoms with van der Waals surface area (Å²) in [6.45, 7) is 3.80. The van der Waals surface area contributed by atoms with E-state index >= 15 is 0 Å². The van der Waals surface area contributed by atoms with E-state index in [-0.39, 0.29) is 24.7 Å². The van der Waals surface area contributed by atoms with Crippen molar-refractivity contribution in [3.63, 3.8) is 0 Å². The quantitative estimate of drug-likeness (QED) is 0.488. The minimum Gasteiger partial charge on any atom is -0.508 e. The van der Waals surface area contributed by atoms with Crippen molar-refractivity contribution in [1.82, 2.24) is 10.6 Å². The molecule has 0 aliphatic rings. The van der Waals surface area contributed by atoms with Crippen LogP contribution in [-0.4, -0.2) is 42.3 Å². The van der Waals surface area contributed by atoms with Gasteiger partial charge in [0.05, 0.1) is 7.11 Å². The molecule has 0 radical (unpaired) electrons. The monoisotopic (exact) mass is 442 g/mol. The van der Waals surface area contributed by atoms with Gasteiger partial charge in [-0.3, -0.25) is 4.79 Å². The number of hydrogen-bond donors (Lipinski definition) is 3. The van der Waals surface area contributed by atoms with Crippen LogP contribution < -0.4 is 10.6 Å². The molecule has 2 rings (SSSR count). The molecule has 3 N–H and O–H groups in total. The maximum atomic E-state index is 13.0. The second kappa shape index (κ2) is 12.3. The van der Waals surface area contributed by atoms with Crippen molar-refractivity contribution in [3.05, 3.63) is 65.7 Å². The fraction of sp³-hybridized carbons (Fsp3) is 0.375. The molecule has 0 saturated carbocycles. The second-order valence-electron chi connectivity index (χ2n) is 7.52. The first-order chi connectivity index (χ1) is 15.3. The van der Waals surface area contributed by atoms with E-state index in [4.69, 9.17) is 9.47 Å². The van der Waals surface area contributed by atoms with Crippen LogP contribution in [0.4, 0.5) is 4.79 Å². The van der Waals surface area contributed by atoms with Crippen LogP contribution in [0, 0.1) is 5.92 Å². The maximum absolute atomic E-state index is 13.0. The van der Waals surface area contributed by atoms with E-state index in [0.29, 0.717) is 6.42 Å². The predicted octanol–water partition coefficient (Wildman–Crippen LogP) is 2.93. The lowest BCUT2D eigenvalue weighted by Crippen LogP contribution is -2.54. The molecule has 2 aromatic carbocycles. The van der Waals surface area contributed by atoms with E-state index in [2.05, 4.69) is 10.6 Å². The van der Waals surface area contributed by atoms with E-state index in [1.807, 2.05) is 44.2 Å². The summed E-state index contributed by atoms with van der Waals surface area (Å²) >= 11 is 0. The first kappa shape index (κ1) is 24.7. The van der Waals surface area contributed by atoms with Crippen molar-refractivity contribution in [3.8, 4) is 5.75 Å². The fourth-order valence-corrected chi connectivity index (χ4v) is 3.06. The number of esters is 1. The van der Waals surface area contributed by atoms with Gasteiger partial charge in [-0.05, 0) is 29.2 Å². The molecule has 8 heteroatoms. The molecule has 172 valence electrons. The summed E-state index contributed by atoms with van der Waals surface area (Å²) in [4.78, 5) is 37.6. The topological polar surface area (TPSA) is 114 Å². The zero-order valence-electron chi connectivity index (χ0n) is 18.5. The summed E-state index contributed by atoms with van der Waals surface area (Å²) in [7, 11) is 1.24. The molecule has 0 bridgehead atoms. The Morgan fingerprint density at radius 3 is 2.22 bits per heavy atom. The highest BCUT2D eigenvalue weighted by molar-refractivity contribution is 5.90. The smallest absolute Gasteiger partial charge is 0.408 e. The van der Waals surface area contributed by atoms with Crippen molar-refractivity contribution >= 4 is 18.0 Å². The van der Waals surface area contributed by atoms with E-state index in [0.717, 1.165) is 11.1 Å². The Kier molecular flexibility index (Phi) is 9.53. The van der Waals surface area contributed by atoms with Gasteiger partial charge in [0.15, 0.2) is 0 Å². The molecule has 2 aromatic rings. The third-order valence-corrected chi connectivity index (χ3v) is 5.16. The predicted molar refractivity (Wildman–Crippen MR) is 119 cm³/mol. The molecule has 0 aliphatic carbocycles. The number of aromatic hydroxyl groups is 1. The van der Waals surface area contributed by atoms with Gasteiger partial charge >= 0.3 is 12.1 Å². The van der Waals surface area contributed by atoms with Crippen molar-refractivity contribution < 1.29 is 29.0 Å². The number of benzene rings is 2. The number of carbonyl (C=O) groups excluding carboxylic acids is 3. The van der Waals surface area contributed by atoms with Crippen LogP contribution in [0.15, 0.2) is 54.6 Å². The first-order valence-corrected chi connectivity index (χ1v) is 10.5. The Morgan fingerprint density at radius 2 is 1.62 bits per heavy atom. The number of phenols is 1. The van der Waals surface area contributed by atoms with Crippen LogP contribution >= 0.6 is 0 Å². The number of alkyl carbamates (subject to hydrolysis) is 1. The van der Waals surface area contributed by atoms with E-state index in [1.54, 1.807) is 12.1 Å². The molecule has 8 nitrogen and oxygen atoms in total. The number of phenolic OH excluding ortho intramolecular Hbond substituents is 1. The van der Waals surface area contributed by atoms with Gasteiger partial charge in [-0.1, -0.05) is 62.7 Å². The van der Waals surface area contributed by atoms with Crippen LogP contribution in [0.5, 0.6) is 5.75 Å². The molecular weight excluding hydrogens is 412 g/mol. The summed E-state index contributed by atoms with van der Waals surface area (Å²) in [5.41, 5.74) is 1.56. The average molecular weight is 443 g/mol. The van der Waals surface area contributed by atoms with Crippen LogP contribution in [0.3, 0.4) is 0 Å². The van der Waals surface area contributed by atoms with Gasteiger partial charge in [-0.2, -0.15) is 0 Å². The van der Waals surface area contributed by atoms with Crippen molar-refractivity contribution in [2.75, 3.05) is 7.11 Å². The number of nitrogens with one attached hydrogen (secondary N) is 2. The lowest BCUT2D eigenvalue weighted by molar-refractivity contribution is -0.145. The minimum absolute atomic E-state index is 0.0765. The number of rotatable bonds is 10. The summed E-state index contributed by atoms with van der Waals surface area (Å²) in [6.07, 6.45) is 0.0740. The summed E-state index contributed by atoms with van der Waals surface area (Å²) in [6, 6.07) is 13.7. The number of ether oxygens (including phenoxy) is 2. The summed E-state index contributed by atoms with van der Waals surface area (Å²) in [5, 5.41) is 14.7. The van der Waals surface area contributed by atoms with E-state index in [9.17, 15) is 19.5 Å². The molecule has 0 aliphatic heterocycles. The highest BCUT2D eigenvalue weighted by Gasteiger charge is 2.30. The van der Waals surface area contributed by atoms with Gasteiger partial charge < -0.3 is 25.2 Å². The zero-order chi connectivity index (χ0) is 23.5. The van der Waals surface area contributed by atoms with Crippen LogP contribution in [0.25, 0.3) is 0 Å². The molecule has 0 saturated heterocycles. The van der Waals surface area contributed by atoms with Gasteiger partial charge in [-0.25, -0.2) is 9.59 Å². The Bertz CT molecular complexity index is 885. The normalized spacial score (nSPS) is 13.3. The average Bonchev–Trinajstić information content (AvgIpc) is 2.81. The van der Waals surface area contributed by atoms with Gasteiger partial charge in [0.25, 0.3) is 0 Å². The van der Waals surface area contributed by atoms with E-state index < -0.39 is 30.1 Å². The molecule has 0 aromatic heterocycles. The first-order valence-electron chi connectivity index (χ1n) is 10.5. The number of carbonyl (C=O) groups is 3. The SMILES string of the molecule is CC[C@H](C)[C@@H](NC(=O)OCc1ccccc1)C(=O)N[C@@H](Cc1ccc(O)cc1)C(=O)OC. The molecular formula is C24H30N2O6. The lowest BCUT2D eigenvalue weighted by Gasteiger charge is -2.25. The number of methoxy groups -OCH3 is 1. The molecule has 0 fully saturated rings. The highest BCUT2D eigenvalue weighted by Crippen LogP contribution is 2.13. The van der Waals surface area contributed by atoms with Crippen LogP contribution in [0.2, 0.25) is 0 Å². The fourth-order valence-electron chi connectivity index (χ4n) is 3.06. The Morgan fingerprint density at radius 1 is 0.969 bits per heavy atom. The van der Waals surface area contributed by atoms with Gasteiger partial charge in [0.1, 0.15) is 24.4 Å². The third kappa shape index (κ3) is 7.61. The van der Waals surface area contributed by atoms with Crippen molar-refractivity contribution in [2.45, 2.75) is 45.4 Å². The maximum Gasteiger partial charge on any atom is 0.408 e. The Balaban J connectivity index is 2.05. The van der Waals surface area contributed by atoms with E-state index in [1.165, 1.54) is 19.2 Å². The molecule has 0 spiro atoms.